The Morgan fingerprint density at radius 1 is 1.26 bits per heavy atom. The van der Waals surface area contributed by atoms with E-state index in [0.29, 0.717) is 0 Å². The van der Waals surface area contributed by atoms with E-state index >= 15 is 0 Å². The Hall–Kier alpha value is -1.02. The molecule has 1 aromatic carbocycles. The van der Waals surface area contributed by atoms with Gasteiger partial charge in [-0.15, -0.1) is 0 Å². The smallest absolute Gasteiger partial charge is 0.0399 e. The normalized spacial score (nSPS) is 22.1. The molecule has 0 aliphatic carbocycles. The molecule has 0 radical (unpaired) electrons. The Labute approximate surface area is 118 Å². The molecule has 1 aliphatic heterocycles. The average Bonchev–Trinajstić information content (AvgIpc) is 2.64. The minimum Gasteiger partial charge on any atom is -0.371 e. The van der Waals surface area contributed by atoms with Gasteiger partial charge in [-0.2, -0.15) is 0 Å². The van der Waals surface area contributed by atoms with E-state index in [0.717, 1.165) is 12.3 Å². The third-order valence-corrected chi connectivity index (χ3v) is 4.30. The molecule has 2 heteroatoms. The van der Waals surface area contributed by atoms with Crippen LogP contribution in [0.2, 0.25) is 0 Å². The molecule has 0 saturated carbocycles. The first-order chi connectivity index (χ1) is 9.20. The predicted octanol–water partition coefficient (Wildman–Crippen LogP) is 3.59. The van der Waals surface area contributed by atoms with Gasteiger partial charge in [0, 0.05) is 24.8 Å². The molecule has 0 spiro atoms. The van der Waals surface area contributed by atoms with Gasteiger partial charge in [-0.3, -0.25) is 0 Å². The first-order valence-electron chi connectivity index (χ1n) is 7.79. The average molecular weight is 260 g/mol. The van der Waals surface area contributed by atoms with Crippen molar-refractivity contribution in [1.29, 1.82) is 0 Å². The minimum absolute atomic E-state index is 0.233. The lowest BCUT2D eigenvalue weighted by molar-refractivity contribution is 0.459. The standard InChI is InChI=1S/C17H28N2/c1-3-15-7-6-11-19(12-10-15)17-9-5-4-8-16(17)13-14(2)18/h4-5,8-9,14-15H,3,6-7,10-13,18H2,1-2H3. The molecule has 2 N–H and O–H groups in total. The molecule has 0 aromatic heterocycles. The molecule has 2 unspecified atom stereocenters. The van der Waals surface area contributed by atoms with E-state index in [1.165, 1.54) is 50.0 Å². The number of hydrogen-bond acceptors (Lipinski definition) is 2. The van der Waals surface area contributed by atoms with Crippen LogP contribution in [0.4, 0.5) is 5.69 Å². The Balaban J connectivity index is 2.12. The number of anilines is 1. The van der Waals surface area contributed by atoms with Gasteiger partial charge in [0.25, 0.3) is 0 Å². The zero-order chi connectivity index (χ0) is 13.7. The molecule has 1 fully saturated rings. The SMILES string of the molecule is CCC1CCCN(c2ccccc2CC(C)N)CC1. The summed E-state index contributed by atoms with van der Waals surface area (Å²) in [4.78, 5) is 2.58. The molecule has 1 heterocycles. The van der Waals surface area contributed by atoms with E-state index in [-0.39, 0.29) is 6.04 Å². The molecule has 2 atom stereocenters. The van der Waals surface area contributed by atoms with Gasteiger partial charge in [0.15, 0.2) is 0 Å². The van der Waals surface area contributed by atoms with E-state index in [2.05, 4.69) is 43.0 Å². The highest BCUT2D eigenvalue weighted by Gasteiger charge is 2.17. The number of nitrogens with zero attached hydrogens (tertiary/aromatic N) is 1. The lowest BCUT2D eigenvalue weighted by Gasteiger charge is -2.26. The molecule has 2 nitrogen and oxygen atoms in total. The van der Waals surface area contributed by atoms with Crippen molar-refractivity contribution in [3.63, 3.8) is 0 Å². The summed E-state index contributed by atoms with van der Waals surface area (Å²) in [5, 5.41) is 0. The van der Waals surface area contributed by atoms with Crippen molar-refractivity contribution < 1.29 is 0 Å². The Kier molecular flexibility index (Phi) is 5.26. The molecule has 2 rings (SSSR count). The summed E-state index contributed by atoms with van der Waals surface area (Å²) in [5.41, 5.74) is 8.80. The largest absolute Gasteiger partial charge is 0.371 e. The summed E-state index contributed by atoms with van der Waals surface area (Å²) in [6.07, 6.45) is 6.36. The summed E-state index contributed by atoms with van der Waals surface area (Å²) in [6.45, 7) is 6.82. The van der Waals surface area contributed by atoms with Crippen molar-refractivity contribution in [2.75, 3.05) is 18.0 Å². The Bertz CT molecular complexity index is 387. The van der Waals surface area contributed by atoms with E-state index < -0.39 is 0 Å². The van der Waals surface area contributed by atoms with Crippen LogP contribution in [0.5, 0.6) is 0 Å². The third-order valence-electron chi connectivity index (χ3n) is 4.30. The number of benzene rings is 1. The van der Waals surface area contributed by atoms with Crippen molar-refractivity contribution in [3.8, 4) is 0 Å². The fraction of sp³-hybridized carbons (Fsp3) is 0.647. The van der Waals surface area contributed by atoms with E-state index in [9.17, 15) is 0 Å². The molecule has 0 amide bonds. The van der Waals surface area contributed by atoms with Gasteiger partial charge in [-0.25, -0.2) is 0 Å². The Morgan fingerprint density at radius 2 is 2.05 bits per heavy atom. The molecular weight excluding hydrogens is 232 g/mol. The maximum Gasteiger partial charge on any atom is 0.0399 e. The van der Waals surface area contributed by atoms with Crippen LogP contribution in [-0.2, 0) is 6.42 Å². The molecule has 1 aromatic rings. The van der Waals surface area contributed by atoms with Crippen LogP contribution in [0.15, 0.2) is 24.3 Å². The van der Waals surface area contributed by atoms with Gasteiger partial charge in [-0.05, 0) is 50.2 Å². The molecule has 106 valence electrons. The van der Waals surface area contributed by atoms with Crippen molar-refractivity contribution >= 4 is 5.69 Å². The summed E-state index contributed by atoms with van der Waals surface area (Å²) in [5.74, 6) is 0.922. The van der Waals surface area contributed by atoms with Crippen LogP contribution in [0.1, 0.15) is 45.1 Å². The van der Waals surface area contributed by atoms with E-state index in [1.807, 2.05) is 0 Å². The third kappa shape index (κ3) is 3.97. The lowest BCUT2D eigenvalue weighted by atomic mass is 9.98. The fourth-order valence-corrected chi connectivity index (χ4v) is 3.15. The highest BCUT2D eigenvalue weighted by molar-refractivity contribution is 5.54. The van der Waals surface area contributed by atoms with Crippen molar-refractivity contribution in [3.05, 3.63) is 29.8 Å². The van der Waals surface area contributed by atoms with E-state index in [4.69, 9.17) is 5.73 Å². The van der Waals surface area contributed by atoms with Crippen LogP contribution >= 0.6 is 0 Å². The maximum absolute atomic E-state index is 5.98. The predicted molar refractivity (Wildman–Crippen MR) is 83.6 cm³/mol. The van der Waals surface area contributed by atoms with Crippen LogP contribution in [0.3, 0.4) is 0 Å². The molecule has 1 aliphatic rings. The monoisotopic (exact) mass is 260 g/mol. The van der Waals surface area contributed by atoms with Crippen LogP contribution in [0.25, 0.3) is 0 Å². The number of rotatable bonds is 4. The van der Waals surface area contributed by atoms with Crippen molar-refractivity contribution in [1.82, 2.24) is 0 Å². The Morgan fingerprint density at radius 3 is 2.79 bits per heavy atom. The first-order valence-corrected chi connectivity index (χ1v) is 7.79. The summed E-state index contributed by atoms with van der Waals surface area (Å²) in [6, 6.07) is 9.03. The highest BCUT2D eigenvalue weighted by Crippen LogP contribution is 2.27. The number of hydrogen-bond donors (Lipinski definition) is 1. The van der Waals surface area contributed by atoms with Gasteiger partial charge >= 0.3 is 0 Å². The highest BCUT2D eigenvalue weighted by atomic mass is 15.1. The van der Waals surface area contributed by atoms with Crippen molar-refractivity contribution in [2.45, 2.75) is 52.0 Å². The second kappa shape index (κ2) is 6.95. The molecular formula is C17H28N2. The van der Waals surface area contributed by atoms with Gasteiger partial charge in [0.1, 0.15) is 0 Å². The molecule has 19 heavy (non-hydrogen) atoms. The number of para-hydroxylation sites is 1. The number of nitrogens with two attached hydrogens (primary N) is 1. The topological polar surface area (TPSA) is 29.3 Å². The van der Waals surface area contributed by atoms with Gasteiger partial charge in [-0.1, -0.05) is 31.5 Å². The zero-order valence-corrected chi connectivity index (χ0v) is 12.4. The van der Waals surface area contributed by atoms with Crippen LogP contribution < -0.4 is 10.6 Å². The lowest BCUT2D eigenvalue weighted by Crippen LogP contribution is -2.27. The van der Waals surface area contributed by atoms with Crippen LogP contribution in [-0.4, -0.2) is 19.1 Å². The second-order valence-corrected chi connectivity index (χ2v) is 6.00. The molecule has 1 saturated heterocycles. The van der Waals surface area contributed by atoms with E-state index in [1.54, 1.807) is 0 Å². The van der Waals surface area contributed by atoms with Crippen molar-refractivity contribution in [2.24, 2.45) is 11.7 Å². The van der Waals surface area contributed by atoms with Gasteiger partial charge in [0.05, 0.1) is 0 Å². The maximum atomic E-state index is 5.98. The molecule has 0 bridgehead atoms. The van der Waals surface area contributed by atoms with Gasteiger partial charge in [0.2, 0.25) is 0 Å². The first kappa shape index (κ1) is 14.4. The fourth-order valence-electron chi connectivity index (χ4n) is 3.15. The quantitative estimate of drug-likeness (QED) is 0.896. The summed E-state index contributed by atoms with van der Waals surface area (Å²) in [7, 11) is 0. The zero-order valence-electron chi connectivity index (χ0n) is 12.4. The minimum atomic E-state index is 0.233. The van der Waals surface area contributed by atoms with Gasteiger partial charge < -0.3 is 10.6 Å². The van der Waals surface area contributed by atoms with Crippen LogP contribution in [0, 0.1) is 5.92 Å². The summed E-state index contributed by atoms with van der Waals surface area (Å²) >= 11 is 0. The second-order valence-electron chi connectivity index (χ2n) is 6.00. The summed E-state index contributed by atoms with van der Waals surface area (Å²) < 4.78 is 0.